The van der Waals surface area contributed by atoms with Crippen LogP contribution in [0.2, 0.25) is 0 Å². The third-order valence-corrected chi connectivity index (χ3v) is 5.51. The minimum atomic E-state index is -0.944. The molecule has 2 N–H and O–H groups in total. The minimum absolute atomic E-state index is 0.107. The summed E-state index contributed by atoms with van der Waals surface area (Å²) in [6.07, 6.45) is -0.148. The fourth-order valence-corrected chi connectivity index (χ4v) is 3.86. The molecule has 1 unspecified atom stereocenters. The number of aromatic carboxylic acids is 1. The van der Waals surface area contributed by atoms with E-state index in [1.807, 2.05) is 59.5 Å². The molecule has 0 aliphatic carbocycles. The zero-order chi connectivity index (χ0) is 21.8. The lowest BCUT2D eigenvalue weighted by Gasteiger charge is -2.37. The molecule has 2 atom stereocenters. The number of para-hydroxylation sites is 3. The van der Waals surface area contributed by atoms with Crippen LogP contribution in [-0.4, -0.2) is 37.4 Å². The van der Waals surface area contributed by atoms with E-state index in [1.165, 1.54) is 0 Å². The van der Waals surface area contributed by atoms with Crippen LogP contribution in [0.25, 0.3) is 0 Å². The molecule has 1 aliphatic rings. The number of carboxylic acids is 1. The molecule has 0 aromatic heterocycles. The van der Waals surface area contributed by atoms with Gasteiger partial charge in [-0.25, -0.2) is 4.79 Å². The Balaban J connectivity index is 1.55. The first kappa shape index (κ1) is 20.8. The molecule has 0 saturated carbocycles. The molecule has 4 rings (SSSR count). The van der Waals surface area contributed by atoms with Gasteiger partial charge < -0.3 is 24.8 Å². The van der Waals surface area contributed by atoms with Gasteiger partial charge in [0.1, 0.15) is 17.6 Å². The Labute approximate surface area is 182 Å². The number of nitrogens with zero attached hydrogens (tertiary/aromatic N) is 1. The molecule has 0 fully saturated rings. The molecule has 6 heteroatoms. The topological polar surface area (TPSA) is 71.0 Å². The van der Waals surface area contributed by atoms with E-state index in [9.17, 15) is 9.90 Å². The van der Waals surface area contributed by atoms with Gasteiger partial charge in [0.2, 0.25) is 0 Å². The molecule has 31 heavy (non-hydrogen) atoms. The second-order valence-corrected chi connectivity index (χ2v) is 7.55. The van der Waals surface area contributed by atoms with Crippen LogP contribution in [0, 0.1) is 0 Å². The lowest BCUT2D eigenvalue weighted by Crippen LogP contribution is -2.44. The van der Waals surface area contributed by atoms with E-state index in [2.05, 4.69) is 18.3 Å². The van der Waals surface area contributed by atoms with E-state index in [1.54, 1.807) is 19.2 Å². The molecule has 0 bridgehead atoms. The second-order valence-electron chi connectivity index (χ2n) is 7.55. The highest BCUT2D eigenvalue weighted by Gasteiger charge is 2.29. The number of methoxy groups -OCH3 is 1. The van der Waals surface area contributed by atoms with Crippen molar-refractivity contribution in [1.29, 1.82) is 0 Å². The van der Waals surface area contributed by atoms with Gasteiger partial charge in [-0.05, 0) is 48.9 Å². The first-order valence-corrected chi connectivity index (χ1v) is 10.3. The zero-order valence-corrected chi connectivity index (χ0v) is 17.6. The summed E-state index contributed by atoms with van der Waals surface area (Å²) in [5.74, 6) is 0.626. The average Bonchev–Trinajstić information content (AvgIpc) is 2.82. The maximum atomic E-state index is 11.8. The van der Waals surface area contributed by atoms with Crippen molar-refractivity contribution in [3.05, 3.63) is 83.9 Å². The van der Waals surface area contributed by atoms with Gasteiger partial charge in [0.15, 0.2) is 0 Å². The van der Waals surface area contributed by atoms with Crippen LogP contribution < -0.4 is 19.7 Å². The number of hydrogen-bond donors (Lipinski definition) is 2. The SMILES string of the molecule is COc1cccc([C@@H](C)NCC2CN(c3ccccc3C(=O)O)c3ccccc3O2)c1. The maximum Gasteiger partial charge on any atom is 0.337 e. The Bertz CT molecular complexity index is 1070. The van der Waals surface area contributed by atoms with Gasteiger partial charge in [0.25, 0.3) is 0 Å². The molecule has 1 heterocycles. The monoisotopic (exact) mass is 418 g/mol. The molecule has 0 radical (unpaired) electrons. The summed E-state index contributed by atoms with van der Waals surface area (Å²) >= 11 is 0. The third kappa shape index (κ3) is 4.49. The summed E-state index contributed by atoms with van der Waals surface area (Å²) in [5, 5.41) is 13.2. The smallest absolute Gasteiger partial charge is 0.337 e. The second kappa shape index (κ2) is 9.10. The minimum Gasteiger partial charge on any atom is -0.497 e. The maximum absolute atomic E-state index is 11.8. The highest BCUT2D eigenvalue weighted by Crippen LogP contribution is 2.39. The Kier molecular flexibility index (Phi) is 6.09. The zero-order valence-electron chi connectivity index (χ0n) is 17.6. The van der Waals surface area contributed by atoms with Crippen molar-refractivity contribution in [1.82, 2.24) is 5.32 Å². The molecule has 0 amide bonds. The highest BCUT2D eigenvalue weighted by atomic mass is 16.5. The molecule has 6 nitrogen and oxygen atoms in total. The summed E-state index contributed by atoms with van der Waals surface area (Å²) in [4.78, 5) is 13.8. The number of ether oxygens (including phenoxy) is 2. The Morgan fingerprint density at radius 3 is 2.65 bits per heavy atom. The van der Waals surface area contributed by atoms with Crippen LogP contribution in [0.3, 0.4) is 0 Å². The summed E-state index contributed by atoms with van der Waals surface area (Å²) < 4.78 is 11.6. The molecule has 0 spiro atoms. The van der Waals surface area contributed by atoms with Crippen molar-refractivity contribution in [2.24, 2.45) is 0 Å². The number of benzene rings is 3. The van der Waals surface area contributed by atoms with E-state index >= 15 is 0 Å². The van der Waals surface area contributed by atoms with Crippen LogP contribution in [-0.2, 0) is 0 Å². The van der Waals surface area contributed by atoms with Crippen molar-refractivity contribution in [2.45, 2.75) is 19.1 Å². The van der Waals surface area contributed by atoms with Gasteiger partial charge in [-0.2, -0.15) is 0 Å². The van der Waals surface area contributed by atoms with Crippen molar-refractivity contribution < 1.29 is 19.4 Å². The van der Waals surface area contributed by atoms with E-state index in [0.29, 0.717) is 18.8 Å². The van der Waals surface area contributed by atoms with Crippen LogP contribution in [0.15, 0.2) is 72.8 Å². The Morgan fingerprint density at radius 2 is 1.87 bits per heavy atom. The molecule has 1 aliphatic heterocycles. The van der Waals surface area contributed by atoms with Crippen LogP contribution in [0.1, 0.15) is 28.9 Å². The number of anilines is 2. The highest BCUT2D eigenvalue weighted by molar-refractivity contribution is 5.96. The Morgan fingerprint density at radius 1 is 1.13 bits per heavy atom. The van der Waals surface area contributed by atoms with Crippen LogP contribution >= 0.6 is 0 Å². The van der Waals surface area contributed by atoms with Gasteiger partial charge in [-0.1, -0.05) is 36.4 Å². The lowest BCUT2D eigenvalue weighted by molar-refractivity contribution is 0.0697. The van der Waals surface area contributed by atoms with Crippen molar-refractivity contribution in [2.75, 3.05) is 25.1 Å². The fraction of sp³-hybridized carbons (Fsp3) is 0.240. The molecule has 3 aromatic carbocycles. The predicted molar refractivity (Wildman–Crippen MR) is 121 cm³/mol. The van der Waals surface area contributed by atoms with Gasteiger partial charge in [0, 0.05) is 12.6 Å². The summed E-state index contributed by atoms with van der Waals surface area (Å²) in [6, 6.07) is 22.9. The number of nitrogens with one attached hydrogen (secondary N) is 1. The summed E-state index contributed by atoms with van der Waals surface area (Å²) in [7, 11) is 1.66. The van der Waals surface area contributed by atoms with Crippen LogP contribution in [0.4, 0.5) is 11.4 Å². The fourth-order valence-electron chi connectivity index (χ4n) is 3.86. The van der Waals surface area contributed by atoms with Crippen molar-refractivity contribution in [3.8, 4) is 11.5 Å². The first-order chi connectivity index (χ1) is 15.1. The third-order valence-electron chi connectivity index (χ3n) is 5.51. The summed E-state index contributed by atoms with van der Waals surface area (Å²) in [5.41, 5.74) is 2.93. The predicted octanol–water partition coefficient (Wildman–Crippen LogP) is 4.64. The standard InChI is InChI=1S/C25H26N2O4/c1-17(18-8-7-9-19(14-18)30-2)26-15-20-16-27(23-12-5-6-13-24(23)31-20)22-11-4-3-10-21(22)25(28)29/h3-14,17,20,26H,15-16H2,1-2H3,(H,28,29)/t17-,20?/m1/s1. The van der Waals surface area contributed by atoms with Crippen molar-refractivity contribution >= 4 is 17.3 Å². The first-order valence-electron chi connectivity index (χ1n) is 10.3. The molecule has 160 valence electrons. The van der Waals surface area contributed by atoms with Gasteiger partial charge in [0.05, 0.1) is 30.6 Å². The number of fused-ring (bicyclic) bond motifs is 1. The van der Waals surface area contributed by atoms with Gasteiger partial charge >= 0.3 is 5.97 Å². The average molecular weight is 418 g/mol. The molecule has 0 saturated heterocycles. The largest absolute Gasteiger partial charge is 0.497 e. The van der Waals surface area contributed by atoms with E-state index in [0.717, 1.165) is 22.7 Å². The number of carboxylic acid groups (broad SMARTS) is 1. The van der Waals surface area contributed by atoms with E-state index < -0.39 is 5.97 Å². The van der Waals surface area contributed by atoms with Gasteiger partial charge in [-0.3, -0.25) is 0 Å². The molecular weight excluding hydrogens is 392 g/mol. The molecule has 3 aromatic rings. The quantitative estimate of drug-likeness (QED) is 0.582. The summed E-state index contributed by atoms with van der Waals surface area (Å²) in [6.45, 7) is 3.25. The number of carbonyl (C=O) groups is 1. The van der Waals surface area contributed by atoms with Crippen LogP contribution in [0.5, 0.6) is 11.5 Å². The molecular formula is C25H26N2O4. The van der Waals surface area contributed by atoms with Crippen molar-refractivity contribution in [3.63, 3.8) is 0 Å². The number of rotatable bonds is 7. The van der Waals surface area contributed by atoms with Gasteiger partial charge in [-0.15, -0.1) is 0 Å². The normalized spacial score (nSPS) is 16.2. The van der Waals surface area contributed by atoms with E-state index in [4.69, 9.17) is 9.47 Å². The lowest BCUT2D eigenvalue weighted by atomic mass is 10.1. The van der Waals surface area contributed by atoms with E-state index in [-0.39, 0.29) is 17.7 Å². The Hall–Kier alpha value is -3.51. The number of hydrogen-bond acceptors (Lipinski definition) is 5.